The lowest BCUT2D eigenvalue weighted by atomic mass is 9.55. The van der Waals surface area contributed by atoms with E-state index in [0.717, 1.165) is 12.1 Å². The van der Waals surface area contributed by atoms with Crippen LogP contribution in [0.4, 0.5) is 0 Å². The number of benzene rings is 2. The average molecular weight is 613 g/mol. The molecular weight excluding hydrogens is 580 g/mol. The first-order valence-corrected chi connectivity index (χ1v) is 14.0. The predicted octanol–water partition coefficient (Wildman–Crippen LogP) is 0.122. The molecule has 0 heterocycles. The summed E-state index contributed by atoms with van der Waals surface area (Å²) in [6.45, 7) is 2.52. The topological polar surface area (TPSA) is 243 Å². The summed E-state index contributed by atoms with van der Waals surface area (Å²) in [5.74, 6) is -10.0. The Kier molecular flexibility index (Phi) is 6.48. The zero-order chi connectivity index (χ0) is 32.4. The van der Waals surface area contributed by atoms with Gasteiger partial charge in [-0.2, -0.15) is 0 Å². The number of hydrogen-bond acceptors (Lipinski definition) is 13. The number of aliphatic hydroxyl groups is 5. The van der Waals surface area contributed by atoms with Crippen molar-refractivity contribution in [3.05, 3.63) is 51.1 Å². The number of fused-ring (bicyclic) bond motifs is 4. The number of aliphatic hydroxyl groups excluding tert-OH is 3. The van der Waals surface area contributed by atoms with Crippen molar-refractivity contribution in [2.24, 2.45) is 11.8 Å². The molecule has 4 aliphatic rings. The quantitative estimate of drug-likeness (QED) is 0.205. The minimum atomic E-state index is -2.00. The number of carbonyl (C=O) groups excluding carboxylic acids is 3. The van der Waals surface area contributed by atoms with Gasteiger partial charge in [0.2, 0.25) is 0 Å². The smallest absolute Gasteiger partial charge is 0.194 e. The van der Waals surface area contributed by atoms with Gasteiger partial charge < -0.3 is 50.7 Å². The molecule has 13 heteroatoms. The van der Waals surface area contributed by atoms with Crippen molar-refractivity contribution in [3.8, 4) is 28.7 Å². The van der Waals surface area contributed by atoms with Crippen molar-refractivity contribution in [2.45, 2.75) is 68.5 Å². The molecule has 0 spiro atoms. The van der Waals surface area contributed by atoms with Gasteiger partial charge in [-0.1, -0.05) is 0 Å². The van der Waals surface area contributed by atoms with E-state index in [1.165, 1.54) is 21.0 Å². The number of allylic oxidation sites excluding steroid dienone is 2. The van der Waals surface area contributed by atoms with Crippen LogP contribution in [-0.2, 0) is 12.8 Å². The molecule has 6 rings (SSSR count). The molecule has 44 heavy (non-hydrogen) atoms. The van der Waals surface area contributed by atoms with Crippen LogP contribution in [0.5, 0.6) is 28.7 Å². The second kappa shape index (κ2) is 9.49. The fourth-order valence-corrected chi connectivity index (χ4v) is 7.59. The van der Waals surface area contributed by atoms with E-state index < -0.39 is 116 Å². The van der Waals surface area contributed by atoms with Crippen molar-refractivity contribution in [1.29, 1.82) is 0 Å². The van der Waals surface area contributed by atoms with Gasteiger partial charge in [0.05, 0.1) is 53.1 Å². The van der Waals surface area contributed by atoms with Crippen molar-refractivity contribution in [1.82, 2.24) is 0 Å². The Morgan fingerprint density at radius 3 is 2.14 bits per heavy atom. The summed E-state index contributed by atoms with van der Waals surface area (Å²) in [6, 6.07) is 0.958. The average Bonchev–Trinajstić information content (AvgIpc) is 2.94. The molecular formula is C31H32O13. The number of carbonyl (C=O) groups is 3. The molecule has 0 saturated heterocycles. The molecule has 2 aromatic carbocycles. The molecule has 2 aromatic rings. The Morgan fingerprint density at radius 1 is 0.864 bits per heavy atom. The number of methoxy groups -OCH3 is 1. The van der Waals surface area contributed by atoms with Crippen LogP contribution in [0, 0.1) is 11.8 Å². The second-order valence-electron chi connectivity index (χ2n) is 12.7. The highest BCUT2D eigenvalue weighted by Gasteiger charge is 2.59. The van der Waals surface area contributed by atoms with Gasteiger partial charge in [-0.15, -0.1) is 0 Å². The van der Waals surface area contributed by atoms with Gasteiger partial charge >= 0.3 is 0 Å². The monoisotopic (exact) mass is 612 g/mol. The number of Topliss-reactive ketones (excluding diaryl/α,β-unsaturated/α-hetero) is 2. The first-order valence-electron chi connectivity index (χ1n) is 14.0. The maximum atomic E-state index is 14.3. The van der Waals surface area contributed by atoms with Crippen molar-refractivity contribution >= 4 is 17.3 Å². The van der Waals surface area contributed by atoms with E-state index in [0.29, 0.717) is 0 Å². The molecule has 0 aromatic heterocycles. The molecule has 0 amide bonds. The standard InChI is InChI=1S/C31H32O13/c1-30(42)7-11-9(5-16(30)34)23(35)20-13(32)4-10(24(36)22(20)25(11)37)17-12-8-31(2,43)29(41)28(40)18(12)27(39)19-14(33)6-15(44-3)26(38)21(17)19/h4,6,12,16-18,28-29,33-35,37-38,40-43H,5,7-8H2,1-3H3. The van der Waals surface area contributed by atoms with E-state index in [9.17, 15) is 60.3 Å². The van der Waals surface area contributed by atoms with Gasteiger partial charge in [0.1, 0.15) is 23.4 Å². The molecule has 0 aliphatic heterocycles. The van der Waals surface area contributed by atoms with E-state index in [2.05, 4.69) is 0 Å². The van der Waals surface area contributed by atoms with E-state index in [1.54, 1.807) is 0 Å². The Labute approximate surface area is 249 Å². The van der Waals surface area contributed by atoms with E-state index in [4.69, 9.17) is 4.74 Å². The Hall–Kier alpha value is -4.01. The second-order valence-corrected chi connectivity index (χ2v) is 12.7. The molecule has 0 bridgehead atoms. The van der Waals surface area contributed by atoms with Crippen LogP contribution in [0.1, 0.15) is 74.0 Å². The van der Waals surface area contributed by atoms with E-state index >= 15 is 0 Å². The third-order valence-corrected chi connectivity index (χ3v) is 9.90. The summed E-state index contributed by atoms with van der Waals surface area (Å²) in [6.07, 6.45) is -5.28. The first-order chi connectivity index (χ1) is 20.4. The molecule has 8 unspecified atom stereocenters. The molecule has 4 aliphatic carbocycles. The van der Waals surface area contributed by atoms with Crippen molar-refractivity contribution < 1.29 is 65.1 Å². The molecule has 234 valence electrons. The summed E-state index contributed by atoms with van der Waals surface area (Å²) in [5.41, 5.74) is -6.18. The Balaban J connectivity index is 1.62. The highest BCUT2D eigenvalue weighted by atomic mass is 16.5. The number of ketones is 3. The van der Waals surface area contributed by atoms with Gasteiger partial charge in [-0.3, -0.25) is 14.4 Å². The number of rotatable bonds is 2. The van der Waals surface area contributed by atoms with Crippen LogP contribution >= 0.6 is 0 Å². The molecule has 8 atom stereocenters. The molecule has 9 N–H and O–H groups in total. The molecule has 13 nitrogen and oxygen atoms in total. The van der Waals surface area contributed by atoms with Crippen LogP contribution in [0.3, 0.4) is 0 Å². The summed E-state index contributed by atoms with van der Waals surface area (Å²) in [4.78, 5) is 41.7. The minimum Gasteiger partial charge on any atom is -0.507 e. The van der Waals surface area contributed by atoms with E-state index in [1.807, 2.05) is 0 Å². The Morgan fingerprint density at radius 2 is 1.50 bits per heavy atom. The molecule has 0 radical (unpaired) electrons. The third kappa shape index (κ3) is 3.86. The maximum Gasteiger partial charge on any atom is 0.194 e. The molecule has 1 saturated carbocycles. The number of phenolic OH excluding ortho intramolecular Hbond substituents is 4. The summed E-state index contributed by atoms with van der Waals surface area (Å²) >= 11 is 0. The van der Waals surface area contributed by atoms with E-state index in [-0.39, 0.29) is 35.3 Å². The lowest BCUT2D eigenvalue weighted by Crippen LogP contribution is -2.61. The molecule has 1 fully saturated rings. The zero-order valence-corrected chi connectivity index (χ0v) is 23.9. The summed E-state index contributed by atoms with van der Waals surface area (Å²) in [7, 11) is 1.18. The SMILES string of the molecule is COc1cc(O)c2c(c1O)C(C1=CC(=O)c3c(O)c4c(c(O)c3C1=O)CC(C)(O)C(O)C4)C1CC(C)(O)C(O)C(O)C1C2=O. The maximum absolute atomic E-state index is 14.3. The first kappa shape index (κ1) is 30.0. The predicted molar refractivity (Wildman–Crippen MR) is 148 cm³/mol. The normalized spacial score (nSPS) is 34.5. The lowest BCUT2D eigenvalue weighted by molar-refractivity contribution is -0.172. The van der Waals surface area contributed by atoms with Gasteiger partial charge in [-0.25, -0.2) is 0 Å². The fourth-order valence-electron chi connectivity index (χ4n) is 7.59. The van der Waals surface area contributed by atoms with Gasteiger partial charge in [0, 0.05) is 47.1 Å². The highest BCUT2D eigenvalue weighted by Crippen LogP contribution is 2.59. The van der Waals surface area contributed by atoms with Crippen LogP contribution < -0.4 is 4.74 Å². The minimum absolute atomic E-state index is 0.0142. The van der Waals surface area contributed by atoms with Crippen molar-refractivity contribution in [2.75, 3.05) is 7.11 Å². The van der Waals surface area contributed by atoms with Crippen LogP contribution in [0.25, 0.3) is 0 Å². The van der Waals surface area contributed by atoms with Gasteiger partial charge in [0.15, 0.2) is 28.8 Å². The summed E-state index contributed by atoms with van der Waals surface area (Å²) in [5, 5.41) is 98.4. The van der Waals surface area contributed by atoms with Gasteiger partial charge in [0.25, 0.3) is 0 Å². The van der Waals surface area contributed by atoms with Gasteiger partial charge in [-0.05, 0) is 32.3 Å². The number of phenols is 4. The number of ether oxygens (including phenoxy) is 1. The number of aromatic hydroxyl groups is 4. The summed E-state index contributed by atoms with van der Waals surface area (Å²) < 4.78 is 5.16. The Bertz CT molecular complexity index is 1700. The number of hydrogen-bond donors (Lipinski definition) is 9. The highest BCUT2D eigenvalue weighted by molar-refractivity contribution is 6.28. The van der Waals surface area contributed by atoms with Crippen LogP contribution in [0.2, 0.25) is 0 Å². The lowest BCUT2D eigenvalue weighted by Gasteiger charge is -2.51. The fraction of sp³-hybridized carbons (Fsp3) is 0.452. The largest absolute Gasteiger partial charge is 0.507 e. The van der Waals surface area contributed by atoms with Crippen molar-refractivity contribution in [3.63, 3.8) is 0 Å². The van der Waals surface area contributed by atoms with Crippen LogP contribution in [-0.4, -0.2) is 99.9 Å². The zero-order valence-electron chi connectivity index (χ0n) is 23.9. The third-order valence-electron chi connectivity index (χ3n) is 9.90. The van der Waals surface area contributed by atoms with Crippen LogP contribution in [0.15, 0.2) is 17.7 Å².